The number of para-hydroxylation sites is 12. The minimum Gasteiger partial charge on any atom is -0.504 e. The molecule has 0 spiro atoms. The van der Waals surface area contributed by atoms with Crippen molar-refractivity contribution < 1.29 is 92.3 Å². The first-order valence-electron chi connectivity index (χ1n) is 38.6. The molecule has 0 saturated carbocycles. The Kier molecular flexibility index (Phi) is 29.4. The fourth-order valence-electron chi connectivity index (χ4n) is 16.4. The standard InChI is InChI=1S/C30H23N4.C23H18F3N4.C23H18N5.C22H19N4.4CH4.4Os/c1-31-19-33(29-16-23-10-5-3-8-21(23)14-27(29)31)25-12-7-13-26(18-25)34-20-32(2)28-15-22-9-4-6-11-24(22)17-30(28)34;1-27-14-29(21-9-5-3-7-19(21)27)17-11-16(23(24,25)26)12-18(13-17)30-15-28(2)20-8-4-6-10-22(20)30;1-24-17-12-18(27-15-25(2)20-8-4-6-10-22(20)27)14-19(13-17)28-16-26(3)21-9-5-7-11-23(21)28;1-23-15-25(21-12-5-3-10-19(21)23)17-8-7-9-18(14-17)26-16-24(2)20-11-4-6-13-22(20)26;;;;;;;;/h3-17,19-20H,1-2H3;3-12,14-15H,1-2H3;4-13,15-16H,2-3H3;3-13,15-16H,1-2H3;4*1H4;;;;/q4*-3;;;;;;;;. The van der Waals surface area contributed by atoms with Crippen LogP contribution in [0, 0.1) is 84.2 Å². The predicted octanol–water partition coefficient (Wildman–Crippen LogP) is 26.0. The van der Waals surface area contributed by atoms with E-state index in [0.717, 1.165) is 91.8 Å². The number of hydrogen-bond donors (Lipinski definition) is 0. The Balaban J connectivity index is 0.000000160. The van der Waals surface area contributed by atoms with Gasteiger partial charge >= 0.3 is 6.18 Å². The van der Waals surface area contributed by atoms with Gasteiger partial charge in [0.25, 0.3) is 0 Å². The maximum atomic E-state index is 13.8. The molecule has 22 rings (SSSR count). The normalized spacial score (nSPS) is 14.2. The summed E-state index contributed by atoms with van der Waals surface area (Å²) in [6.07, 6.45) is -4.48. The topological polar surface area (TPSA) is 56.2 Å². The fourth-order valence-corrected chi connectivity index (χ4v) is 16.4. The van der Waals surface area contributed by atoms with E-state index in [1.165, 1.54) is 67.0 Å². The van der Waals surface area contributed by atoms with Crippen molar-refractivity contribution in [3.63, 3.8) is 0 Å². The van der Waals surface area contributed by atoms with E-state index in [1.54, 1.807) is 23.1 Å². The van der Waals surface area contributed by atoms with Gasteiger partial charge in [-0.15, -0.1) is 118 Å². The third-order valence-corrected chi connectivity index (χ3v) is 22.1. The van der Waals surface area contributed by atoms with E-state index in [9.17, 15) is 13.2 Å². The first kappa shape index (κ1) is 94.9. The van der Waals surface area contributed by atoms with E-state index in [-0.39, 0.29) is 109 Å². The number of rotatable bonds is 8. The van der Waals surface area contributed by atoms with E-state index >= 15 is 0 Å². The Hall–Kier alpha value is -11.8. The molecule has 8 heterocycles. The SMILES string of the molecule is C.C.C.C.CN1[CH-]N(c2[c-]c(N3[CH-]N(C)c4cc5ccccc5cc43)ccc2)c2cc3ccccc3cc21.CN1[CH-]N(c2[c-]c(N3[CH-]N(C)c4ccccc43)cc(C(F)(F)F)c2)c2ccccc21.CN1[CH-]N(c2[c-]c(N3[CH-]N(C)c4ccccc43)ccc2)c2ccccc21.[C-]#[N+]c1cc(N2[CH-]N(C)c3ccccc32)[c-]c(N2[CH-]N(C)c3ccccc32)c1.[Os].[Os].[Os].[Os]. The average Bonchev–Trinajstić information content (AvgIpc) is 1.60. The van der Waals surface area contributed by atoms with E-state index in [1.807, 2.05) is 136 Å². The molecule has 126 heavy (non-hydrogen) atoms. The predicted molar refractivity (Wildman–Crippen MR) is 505 cm³/mol. The van der Waals surface area contributed by atoms with Crippen LogP contribution >= 0.6 is 0 Å². The van der Waals surface area contributed by atoms with Gasteiger partial charge in [-0.1, -0.05) is 157 Å². The smallest absolute Gasteiger partial charge is 0.394 e. The summed E-state index contributed by atoms with van der Waals surface area (Å²) >= 11 is 0. The fraction of sp³-hybridized carbons (Fsp3) is 0.127. The monoisotopic (exact) mass is 2380 g/mol. The van der Waals surface area contributed by atoms with Crippen LogP contribution in [0.15, 0.2) is 279 Å². The van der Waals surface area contributed by atoms with E-state index in [0.29, 0.717) is 17.1 Å². The molecular weight excluding hydrogens is 2280 g/mol. The minimum atomic E-state index is -4.48. The van der Waals surface area contributed by atoms with Crippen LogP contribution in [0.1, 0.15) is 35.3 Å². The molecule has 652 valence electrons. The quantitative estimate of drug-likeness (QED) is 0.136. The van der Waals surface area contributed by atoms with Crippen molar-refractivity contribution in [3.8, 4) is 0 Å². The zero-order chi connectivity index (χ0) is 80.8. The van der Waals surface area contributed by atoms with E-state index in [4.69, 9.17) is 6.57 Å². The summed E-state index contributed by atoms with van der Waals surface area (Å²) < 4.78 is 41.3. The Bertz CT molecular complexity index is 5930. The summed E-state index contributed by atoms with van der Waals surface area (Å²) in [5.74, 6) is 0. The summed E-state index contributed by atoms with van der Waals surface area (Å²) in [7, 11) is 16.1. The van der Waals surface area contributed by atoms with Gasteiger partial charge in [0.05, 0.1) is 12.3 Å². The number of anilines is 24. The molecular formula is C102H94F3N17Os4-12. The Morgan fingerprint density at radius 1 is 0.230 bits per heavy atom. The molecule has 0 unspecified atom stereocenters. The molecule has 0 N–H and O–H groups in total. The molecule has 0 amide bonds. The molecule has 0 aromatic heterocycles. The van der Waals surface area contributed by atoms with Crippen molar-refractivity contribution in [1.82, 2.24) is 0 Å². The van der Waals surface area contributed by atoms with Crippen molar-refractivity contribution >= 4 is 164 Å². The molecule has 0 fully saturated rings. The van der Waals surface area contributed by atoms with Crippen LogP contribution in [0.25, 0.3) is 26.4 Å². The largest absolute Gasteiger partial charge is 0.504 e. The van der Waals surface area contributed by atoms with E-state index in [2.05, 4.69) is 325 Å². The number of fused-ring (bicyclic) bond motifs is 10. The summed E-state index contributed by atoms with van der Waals surface area (Å²) in [6.45, 7) is 23.7. The zero-order valence-corrected chi connectivity index (χ0v) is 77.5. The number of hydrogen-bond acceptors (Lipinski definition) is 16. The van der Waals surface area contributed by atoms with Crippen LogP contribution < -0.4 is 78.4 Å². The first-order chi connectivity index (χ1) is 57.4. The van der Waals surface area contributed by atoms with Gasteiger partial charge in [-0.2, -0.15) is 78.7 Å². The van der Waals surface area contributed by atoms with Crippen LogP contribution in [0.2, 0.25) is 0 Å². The second kappa shape index (κ2) is 39.0. The molecule has 0 aliphatic carbocycles. The Morgan fingerprint density at radius 3 is 0.643 bits per heavy atom. The number of halogens is 3. The van der Waals surface area contributed by atoms with Crippen molar-refractivity contribution in [1.29, 1.82) is 0 Å². The Morgan fingerprint density at radius 2 is 0.413 bits per heavy atom. The van der Waals surface area contributed by atoms with Crippen LogP contribution in [0.3, 0.4) is 0 Å². The molecule has 0 radical (unpaired) electrons. The van der Waals surface area contributed by atoms with E-state index < -0.39 is 11.7 Å². The molecule has 0 atom stereocenters. The van der Waals surface area contributed by atoms with Crippen molar-refractivity contribution in [2.24, 2.45) is 0 Å². The summed E-state index contributed by atoms with van der Waals surface area (Å²) in [5.41, 5.74) is 23.7. The van der Waals surface area contributed by atoms with Gasteiger partial charge < -0.3 is 78.4 Å². The molecule has 14 aromatic rings. The summed E-state index contributed by atoms with van der Waals surface area (Å²) in [4.78, 5) is 36.7. The van der Waals surface area contributed by atoms with Gasteiger partial charge in [0.2, 0.25) is 0 Å². The summed E-state index contributed by atoms with van der Waals surface area (Å²) in [6, 6.07) is 107. The van der Waals surface area contributed by atoms with Gasteiger partial charge in [-0.3, -0.25) is 4.85 Å². The molecule has 8 aliphatic rings. The first-order valence-corrected chi connectivity index (χ1v) is 38.6. The molecule has 8 aliphatic heterocycles. The van der Waals surface area contributed by atoms with Gasteiger partial charge in [0.1, 0.15) is 0 Å². The summed E-state index contributed by atoms with van der Waals surface area (Å²) in [5, 5.41) is 4.97. The zero-order valence-electron chi connectivity index (χ0n) is 67.3. The van der Waals surface area contributed by atoms with Crippen LogP contribution in [0.4, 0.5) is 155 Å². The minimum absolute atomic E-state index is 0. The Labute approximate surface area is 793 Å². The maximum absolute atomic E-state index is 13.8. The molecule has 14 aromatic carbocycles. The third kappa shape index (κ3) is 17.7. The van der Waals surface area contributed by atoms with Crippen LogP contribution in [-0.4, -0.2) is 56.4 Å². The molecule has 0 saturated heterocycles. The second-order valence-electron chi connectivity index (χ2n) is 29.8. The van der Waals surface area contributed by atoms with Gasteiger partial charge in [0, 0.05) is 170 Å². The molecule has 24 heteroatoms. The van der Waals surface area contributed by atoms with Gasteiger partial charge in [-0.05, 0) is 175 Å². The molecule has 0 bridgehead atoms. The number of alkyl halides is 3. The van der Waals surface area contributed by atoms with Crippen LogP contribution in [-0.2, 0) is 85.3 Å². The maximum Gasteiger partial charge on any atom is 0.394 e. The molecule has 17 nitrogen and oxygen atoms in total. The number of benzene rings is 14. The van der Waals surface area contributed by atoms with Crippen molar-refractivity contribution in [2.45, 2.75) is 35.9 Å². The van der Waals surface area contributed by atoms with Gasteiger partial charge in [-0.25, -0.2) is 0 Å². The number of nitrogens with zero attached hydrogens (tertiary/aromatic N) is 17. The third-order valence-electron chi connectivity index (χ3n) is 22.1. The van der Waals surface area contributed by atoms with Crippen molar-refractivity contribution in [2.75, 3.05) is 135 Å². The average molecular weight is 2380 g/mol. The van der Waals surface area contributed by atoms with Gasteiger partial charge in [0.15, 0.2) is 0 Å². The van der Waals surface area contributed by atoms with Crippen molar-refractivity contribution in [3.05, 3.63) is 374 Å². The van der Waals surface area contributed by atoms with Crippen LogP contribution in [0.5, 0.6) is 0 Å². The second-order valence-corrected chi connectivity index (χ2v) is 29.8.